The highest BCUT2D eigenvalue weighted by Crippen LogP contribution is 2.68. The highest BCUT2D eigenvalue weighted by molar-refractivity contribution is 6.00. The summed E-state index contributed by atoms with van der Waals surface area (Å²) in [5.41, 5.74) is 0.283. The van der Waals surface area contributed by atoms with Crippen molar-refractivity contribution in [3.63, 3.8) is 0 Å². The Balaban J connectivity index is 1.57. The first-order valence-electron chi connectivity index (χ1n) is 9.05. The Morgan fingerprint density at radius 3 is 2.71 bits per heavy atom. The Labute approximate surface area is 141 Å². The van der Waals surface area contributed by atoms with Gasteiger partial charge in [0.05, 0.1) is 24.7 Å². The molecule has 2 saturated carbocycles. The molecule has 7 atom stereocenters. The van der Waals surface area contributed by atoms with Gasteiger partial charge in [0, 0.05) is 11.6 Å². The molecule has 0 spiro atoms. The molecule has 5 heteroatoms. The van der Waals surface area contributed by atoms with Crippen LogP contribution in [-0.2, 0) is 9.53 Å². The molecule has 1 N–H and O–H groups in total. The van der Waals surface area contributed by atoms with Crippen molar-refractivity contribution in [2.24, 2.45) is 23.7 Å². The van der Waals surface area contributed by atoms with E-state index in [-0.39, 0.29) is 29.8 Å². The second-order valence-electron chi connectivity index (χ2n) is 7.49. The minimum atomic E-state index is -0.587. The van der Waals surface area contributed by atoms with Crippen molar-refractivity contribution in [3.8, 4) is 5.75 Å². The van der Waals surface area contributed by atoms with Gasteiger partial charge < -0.3 is 14.6 Å². The summed E-state index contributed by atoms with van der Waals surface area (Å²) >= 11 is 0. The molecule has 1 aromatic carbocycles. The Morgan fingerprint density at radius 2 is 2.04 bits per heavy atom. The summed E-state index contributed by atoms with van der Waals surface area (Å²) in [6.07, 6.45) is 1.11. The summed E-state index contributed by atoms with van der Waals surface area (Å²) in [5.74, 6) is 1.46. The first kappa shape index (κ1) is 14.7. The highest BCUT2D eigenvalue weighted by Gasteiger charge is 2.77. The first-order valence-corrected chi connectivity index (χ1v) is 9.05. The predicted octanol–water partition coefficient (Wildman–Crippen LogP) is 2.18. The second kappa shape index (κ2) is 4.73. The van der Waals surface area contributed by atoms with E-state index in [1.165, 1.54) is 0 Å². The van der Waals surface area contributed by atoms with Crippen LogP contribution >= 0.6 is 0 Å². The summed E-state index contributed by atoms with van der Waals surface area (Å²) in [6.45, 7) is 4.66. The molecule has 2 saturated heterocycles. The Bertz CT molecular complexity index is 689. The third-order valence-electron chi connectivity index (χ3n) is 6.71. The summed E-state index contributed by atoms with van der Waals surface area (Å²) in [6, 6.07) is 7.71. The molecular weight excluding hydrogens is 306 g/mol. The van der Waals surface area contributed by atoms with Gasteiger partial charge in [0.1, 0.15) is 5.75 Å². The summed E-state index contributed by atoms with van der Waals surface area (Å²) in [4.78, 5) is 15.1. The smallest absolute Gasteiger partial charge is 0.233 e. The number of rotatable bonds is 4. The monoisotopic (exact) mass is 329 g/mol. The number of aliphatic hydroxyl groups is 1. The molecule has 1 aromatic rings. The number of aliphatic hydroxyl groups excluding tert-OH is 1. The number of fused-ring (bicyclic) bond motifs is 2. The average Bonchev–Trinajstić information content (AvgIpc) is 3.25. The topological polar surface area (TPSA) is 59.0 Å². The third kappa shape index (κ3) is 1.51. The van der Waals surface area contributed by atoms with Crippen LogP contribution in [0.25, 0.3) is 0 Å². The van der Waals surface area contributed by atoms with Crippen molar-refractivity contribution in [2.75, 3.05) is 11.5 Å². The van der Waals surface area contributed by atoms with Crippen LogP contribution in [0.5, 0.6) is 5.75 Å². The molecule has 0 aromatic heterocycles. The van der Waals surface area contributed by atoms with E-state index in [1.807, 2.05) is 36.1 Å². The third-order valence-corrected chi connectivity index (χ3v) is 6.71. The Morgan fingerprint density at radius 1 is 1.29 bits per heavy atom. The molecule has 4 aliphatic rings. The number of benzene rings is 1. The molecule has 2 aliphatic carbocycles. The number of nitrogens with zero attached hydrogens (tertiary/aromatic N) is 1. The molecule has 0 unspecified atom stereocenters. The maximum Gasteiger partial charge on any atom is 0.233 e. The lowest BCUT2D eigenvalue weighted by Crippen LogP contribution is -2.50. The van der Waals surface area contributed by atoms with Crippen LogP contribution < -0.4 is 9.64 Å². The number of hydrogen-bond acceptors (Lipinski definition) is 4. The summed E-state index contributed by atoms with van der Waals surface area (Å²) < 4.78 is 11.9. The lowest BCUT2D eigenvalue weighted by atomic mass is 9.76. The molecule has 2 aliphatic heterocycles. The molecule has 5 rings (SSSR count). The van der Waals surface area contributed by atoms with E-state index in [0.717, 1.165) is 24.3 Å². The molecule has 5 nitrogen and oxygen atoms in total. The van der Waals surface area contributed by atoms with Crippen molar-refractivity contribution in [1.29, 1.82) is 0 Å². The largest absolute Gasteiger partial charge is 0.494 e. The molecule has 2 heterocycles. The zero-order valence-corrected chi connectivity index (χ0v) is 14.0. The van der Waals surface area contributed by atoms with Crippen LogP contribution in [0.3, 0.4) is 0 Å². The van der Waals surface area contributed by atoms with Gasteiger partial charge in [-0.05, 0) is 55.9 Å². The van der Waals surface area contributed by atoms with Gasteiger partial charge >= 0.3 is 0 Å². The van der Waals surface area contributed by atoms with Crippen LogP contribution in [0.1, 0.15) is 26.7 Å². The van der Waals surface area contributed by atoms with Gasteiger partial charge in [0.25, 0.3) is 0 Å². The van der Waals surface area contributed by atoms with Gasteiger partial charge in [-0.1, -0.05) is 6.92 Å². The Hall–Kier alpha value is -1.59. The van der Waals surface area contributed by atoms with Crippen molar-refractivity contribution < 1.29 is 19.4 Å². The van der Waals surface area contributed by atoms with E-state index in [1.54, 1.807) is 0 Å². The number of anilines is 1. The van der Waals surface area contributed by atoms with Crippen molar-refractivity contribution in [3.05, 3.63) is 24.3 Å². The molecule has 128 valence electrons. The van der Waals surface area contributed by atoms with Gasteiger partial charge in [-0.2, -0.15) is 0 Å². The summed E-state index contributed by atoms with van der Waals surface area (Å²) in [7, 11) is 0. The van der Waals surface area contributed by atoms with Gasteiger partial charge in [-0.3, -0.25) is 9.69 Å². The fourth-order valence-corrected chi connectivity index (χ4v) is 5.97. The fraction of sp³-hybridized carbons (Fsp3) is 0.632. The van der Waals surface area contributed by atoms with Crippen molar-refractivity contribution >= 4 is 11.6 Å². The number of carbonyl (C=O) groups is 1. The fourth-order valence-electron chi connectivity index (χ4n) is 5.97. The van der Waals surface area contributed by atoms with E-state index < -0.39 is 11.8 Å². The molecule has 2 bridgehead atoms. The molecular formula is C19H23NO4. The SMILES string of the molecule is CCOc1ccc(N2C(=O)[C@@H]3[C@H]4C[C@H]5[C@H](O[C@]2(CC)[C@H]53)[C@H]4O)cc1. The zero-order chi connectivity index (χ0) is 16.6. The van der Waals surface area contributed by atoms with E-state index in [4.69, 9.17) is 9.47 Å². The normalized spacial score (nSPS) is 44.6. The lowest BCUT2D eigenvalue weighted by molar-refractivity contribution is -0.133. The van der Waals surface area contributed by atoms with Crippen LogP contribution in [-0.4, -0.2) is 35.6 Å². The van der Waals surface area contributed by atoms with E-state index >= 15 is 0 Å². The number of amides is 1. The predicted molar refractivity (Wildman–Crippen MR) is 87.6 cm³/mol. The van der Waals surface area contributed by atoms with Crippen LogP contribution in [0.15, 0.2) is 24.3 Å². The van der Waals surface area contributed by atoms with Crippen LogP contribution in [0.2, 0.25) is 0 Å². The molecule has 1 amide bonds. The number of ether oxygens (including phenoxy) is 2. The van der Waals surface area contributed by atoms with Crippen molar-refractivity contribution in [1.82, 2.24) is 0 Å². The first-order chi connectivity index (χ1) is 11.6. The molecule has 4 fully saturated rings. The number of hydrogen-bond donors (Lipinski definition) is 1. The maximum atomic E-state index is 13.2. The van der Waals surface area contributed by atoms with Gasteiger partial charge in [0.2, 0.25) is 5.91 Å². The van der Waals surface area contributed by atoms with E-state index in [2.05, 4.69) is 6.92 Å². The Kier molecular flexibility index (Phi) is 2.90. The van der Waals surface area contributed by atoms with Gasteiger partial charge in [0.15, 0.2) is 5.72 Å². The maximum absolute atomic E-state index is 13.2. The number of carbonyl (C=O) groups excluding carboxylic acids is 1. The molecule has 24 heavy (non-hydrogen) atoms. The second-order valence-corrected chi connectivity index (χ2v) is 7.49. The minimum Gasteiger partial charge on any atom is -0.494 e. The van der Waals surface area contributed by atoms with Crippen molar-refractivity contribution in [2.45, 2.75) is 44.6 Å². The van der Waals surface area contributed by atoms with Crippen LogP contribution in [0, 0.1) is 23.7 Å². The lowest BCUT2D eigenvalue weighted by Gasteiger charge is -2.38. The summed E-state index contributed by atoms with van der Waals surface area (Å²) in [5, 5.41) is 10.5. The van der Waals surface area contributed by atoms with Gasteiger partial charge in [-0.15, -0.1) is 0 Å². The minimum absolute atomic E-state index is 0.0682. The van der Waals surface area contributed by atoms with Gasteiger partial charge in [-0.25, -0.2) is 0 Å². The van der Waals surface area contributed by atoms with E-state index in [9.17, 15) is 9.90 Å². The molecule has 0 radical (unpaired) electrons. The van der Waals surface area contributed by atoms with Crippen LogP contribution in [0.4, 0.5) is 5.69 Å². The standard InChI is InChI=1S/C19H23NO4/c1-3-19-15-13-9-12(16(21)17(13)24-19)14(15)18(22)20(19)10-5-7-11(8-6-10)23-4-2/h5-8,12-17,21H,3-4,9H2,1-2H3/t12-,13-,14-,15-,16+,17+,19-/m1/s1. The van der Waals surface area contributed by atoms with E-state index in [0.29, 0.717) is 12.5 Å². The highest BCUT2D eigenvalue weighted by atomic mass is 16.6. The average molecular weight is 329 g/mol. The zero-order valence-electron chi connectivity index (χ0n) is 14.0. The quantitative estimate of drug-likeness (QED) is 0.920.